The van der Waals surface area contributed by atoms with Crippen molar-refractivity contribution in [1.82, 2.24) is 19.8 Å². The Balaban J connectivity index is 1.17. The van der Waals surface area contributed by atoms with Crippen LogP contribution in [0, 0.1) is 0 Å². The second-order valence-electron chi connectivity index (χ2n) is 7.46. The van der Waals surface area contributed by atoms with Crippen molar-refractivity contribution in [3.05, 3.63) is 66.5 Å². The summed E-state index contributed by atoms with van der Waals surface area (Å²) in [5.41, 5.74) is 1.41. The molecule has 0 N–H and O–H groups in total. The Hall–Kier alpha value is -2.99. The number of rotatable bonds is 3. The molecule has 0 atom stereocenters. The molecule has 2 aliphatic heterocycles. The van der Waals surface area contributed by atoms with Gasteiger partial charge in [-0.15, -0.1) is 0 Å². The van der Waals surface area contributed by atoms with Crippen LogP contribution in [0.1, 0.15) is 10.5 Å². The van der Waals surface area contributed by atoms with Gasteiger partial charge in [-0.2, -0.15) is 0 Å². The van der Waals surface area contributed by atoms with Crippen LogP contribution in [0.3, 0.4) is 0 Å². The van der Waals surface area contributed by atoms with E-state index >= 15 is 0 Å². The highest BCUT2D eigenvalue weighted by atomic mass is 16.2. The molecule has 0 unspecified atom stereocenters. The number of carbonyl (C=O) groups excluding carboxylic acids is 1. The number of likely N-dealkylation sites (tertiary alicyclic amines) is 1. The Labute approximate surface area is 164 Å². The van der Waals surface area contributed by atoms with E-state index < -0.39 is 0 Å². The van der Waals surface area contributed by atoms with Gasteiger partial charge in [-0.25, -0.2) is 9.97 Å². The summed E-state index contributed by atoms with van der Waals surface area (Å²) < 4.78 is 0. The zero-order chi connectivity index (χ0) is 18.9. The summed E-state index contributed by atoms with van der Waals surface area (Å²) in [6.07, 6.45) is 1.85. The molecule has 6 nitrogen and oxygen atoms in total. The molecule has 5 rings (SSSR count). The van der Waals surface area contributed by atoms with Gasteiger partial charge in [0.15, 0.2) is 0 Å². The molecule has 0 bridgehead atoms. The zero-order valence-electron chi connectivity index (χ0n) is 15.7. The summed E-state index contributed by atoms with van der Waals surface area (Å²) in [6.45, 7) is 5.56. The molecule has 2 aromatic heterocycles. The van der Waals surface area contributed by atoms with Crippen LogP contribution < -0.4 is 4.90 Å². The molecule has 28 heavy (non-hydrogen) atoms. The minimum Gasteiger partial charge on any atom is -0.354 e. The van der Waals surface area contributed by atoms with E-state index in [1.807, 2.05) is 59.6 Å². The second kappa shape index (κ2) is 7.20. The number of aromatic nitrogens is 2. The summed E-state index contributed by atoms with van der Waals surface area (Å²) in [5, 5.41) is 1.06. The highest BCUT2D eigenvalue weighted by Crippen LogP contribution is 2.21. The summed E-state index contributed by atoms with van der Waals surface area (Å²) in [6, 6.07) is 18.2. The molecule has 0 spiro atoms. The lowest BCUT2D eigenvalue weighted by atomic mass is 10.0. The van der Waals surface area contributed by atoms with Crippen molar-refractivity contribution in [3.8, 4) is 0 Å². The maximum Gasteiger partial charge on any atom is 0.272 e. The van der Waals surface area contributed by atoms with Gasteiger partial charge in [-0.3, -0.25) is 9.69 Å². The minimum atomic E-state index is 0.0362. The van der Waals surface area contributed by atoms with E-state index in [-0.39, 0.29) is 5.91 Å². The number of pyridine rings is 2. The van der Waals surface area contributed by atoms with Gasteiger partial charge in [0.2, 0.25) is 0 Å². The van der Waals surface area contributed by atoms with Crippen LogP contribution in [0.5, 0.6) is 0 Å². The van der Waals surface area contributed by atoms with Crippen LogP contribution in [0.4, 0.5) is 5.82 Å². The molecule has 3 aromatic rings. The van der Waals surface area contributed by atoms with Crippen LogP contribution in [0.25, 0.3) is 10.9 Å². The number of anilines is 1. The number of para-hydroxylation sites is 1. The molecule has 142 valence electrons. The maximum atomic E-state index is 12.8. The monoisotopic (exact) mass is 373 g/mol. The first kappa shape index (κ1) is 17.1. The molecular formula is C22H23N5O. The van der Waals surface area contributed by atoms with Crippen molar-refractivity contribution < 1.29 is 4.79 Å². The molecule has 2 fully saturated rings. The predicted octanol–water partition coefficient (Wildman–Crippen LogP) is 2.28. The molecule has 1 amide bonds. The lowest BCUT2D eigenvalue weighted by molar-refractivity contribution is 0.0242. The Bertz CT molecular complexity index is 978. The van der Waals surface area contributed by atoms with Crippen molar-refractivity contribution in [2.45, 2.75) is 6.04 Å². The van der Waals surface area contributed by atoms with Gasteiger partial charge in [-0.1, -0.05) is 30.3 Å². The number of benzene rings is 1. The molecule has 0 aliphatic carbocycles. The molecule has 2 saturated heterocycles. The van der Waals surface area contributed by atoms with Gasteiger partial charge < -0.3 is 9.80 Å². The van der Waals surface area contributed by atoms with Gasteiger partial charge in [0.05, 0.1) is 5.52 Å². The molecule has 6 heteroatoms. The lowest BCUT2D eigenvalue weighted by Gasteiger charge is -2.48. The van der Waals surface area contributed by atoms with E-state index in [0.29, 0.717) is 11.7 Å². The van der Waals surface area contributed by atoms with Gasteiger partial charge in [-0.05, 0) is 24.3 Å². The first-order chi connectivity index (χ1) is 13.8. The van der Waals surface area contributed by atoms with Crippen LogP contribution in [-0.2, 0) is 0 Å². The topological polar surface area (TPSA) is 52.6 Å². The Morgan fingerprint density at radius 2 is 1.68 bits per heavy atom. The minimum absolute atomic E-state index is 0.0362. The van der Waals surface area contributed by atoms with Crippen molar-refractivity contribution >= 4 is 22.6 Å². The average Bonchev–Trinajstić information content (AvgIpc) is 2.73. The number of hydrogen-bond donors (Lipinski definition) is 0. The number of nitrogens with zero attached hydrogens (tertiary/aromatic N) is 5. The summed E-state index contributed by atoms with van der Waals surface area (Å²) in [7, 11) is 0. The average molecular weight is 373 g/mol. The highest BCUT2D eigenvalue weighted by Gasteiger charge is 2.36. The molecular weight excluding hydrogens is 350 g/mol. The van der Waals surface area contributed by atoms with E-state index in [2.05, 4.69) is 25.8 Å². The third-order valence-corrected chi connectivity index (χ3v) is 5.77. The van der Waals surface area contributed by atoms with E-state index in [0.717, 1.165) is 56.0 Å². The predicted molar refractivity (Wildman–Crippen MR) is 109 cm³/mol. The highest BCUT2D eigenvalue weighted by molar-refractivity contribution is 5.95. The zero-order valence-corrected chi connectivity index (χ0v) is 15.7. The van der Waals surface area contributed by atoms with Crippen LogP contribution >= 0.6 is 0 Å². The fourth-order valence-corrected chi connectivity index (χ4v) is 4.06. The quantitative estimate of drug-likeness (QED) is 0.705. The Morgan fingerprint density at radius 1 is 0.893 bits per heavy atom. The number of carbonyl (C=O) groups is 1. The van der Waals surface area contributed by atoms with E-state index in [4.69, 9.17) is 0 Å². The molecule has 0 radical (unpaired) electrons. The van der Waals surface area contributed by atoms with Crippen molar-refractivity contribution in [3.63, 3.8) is 0 Å². The SMILES string of the molecule is O=C(c1ccc2ccccc2n1)N1CC(N2CCN(c3ccccn3)CC2)C1. The smallest absolute Gasteiger partial charge is 0.272 e. The normalized spacial score (nSPS) is 18.3. The Morgan fingerprint density at radius 3 is 2.46 bits per heavy atom. The molecule has 4 heterocycles. The number of hydrogen-bond acceptors (Lipinski definition) is 5. The maximum absolute atomic E-state index is 12.8. The van der Waals surface area contributed by atoms with Crippen molar-refractivity contribution in [1.29, 1.82) is 0 Å². The summed E-state index contributed by atoms with van der Waals surface area (Å²) >= 11 is 0. The van der Waals surface area contributed by atoms with E-state index in [1.165, 1.54) is 0 Å². The summed E-state index contributed by atoms with van der Waals surface area (Å²) in [4.78, 5) is 28.5. The Kier molecular flexibility index (Phi) is 4.41. The second-order valence-corrected chi connectivity index (χ2v) is 7.46. The fraction of sp³-hybridized carbons (Fsp3) is 0.318. The largest absolute Gasteiger partial charge is 0.354 e. The number of amides is 1. The molecule has 2 aliphatic rings. The standard InChI is InChI=1S/C22H23N5O/c28-22(20-9-8-17-5-1-2-6-19(17)24-20)27-15-18(16-27)25-11-13-26(14-12-25)21-7-3-4-10-23-21/h1-10,18H,11-16H2. The molecule has 0 saturated carbocycles. The van der Waals surface area contributed by atoms with Crippen LogP contribution in [0.15, 0.2) is 60.8 Å². The molecule has 1 aromatic carbocycles. The number of piperazine rings is 1. The summed E-state index contributed by atoms with van der Waals surface area (Å²) in [5.74, 6) is 1.09. The van der Waals surface area contributed by atoms with Crippen molar-refractivity contribution in [2.75, 3.05) is 44.2 Å². The third kappa shape index (κ3) is 3.20. The van der Waals surface area contributed by atoms with E-state index in [1.54, 1.807) is 0 Å². The lowest BCUT2D eigenvalue weighted by Crippen LogP contribution is -2.64. The first-order valence-electron chi connectivity index (χ1n) is 9.83. The first-order valence-corrected chi connectivity index (χ1v) is 9.83. The van der Waals surface area contributed by atoms with Crippen LogP contribution in [-0.4, -0.2) is 71.0 Å². The van der Waals surface area contributed by atoms with Gasteiger partial charge in [0, 0.05) is 56.9 Å². The van der Waals surface area contributed by atoms with Crippen molar-refractivity contribution in [2.24, 2.45) is 0 Å². The number of fused-ring (bicyclic) bond motifs is 1. The van der Waals surface area contributed by atoms with E-state index in [9.17, 15) is 4.79 Å². The van der Waals surface area contributed by atoms with Gasteiger partial charge in [0.1, 0.15) is 11.5 Å². The van der Waals surface area contributed by atoms with Gasteiger partial charge >= 0.3 is 0 Å². The third-order valence-electron chi connectivity index (χ3n) is 5.77. The fourth-order valence-electron chi connectivity index (χ4n) is 4.06. The van der Waals surface area contributed by atoms with Crippen LogP contribution in [0.2, 0.25) is 0 Å². The van der Waals surface area contributed by atoms with Gasteiger partial charge in [0.25, 0.3) is 5.91 Å².